The Kier molecular flexibility index (Phi) is 7.25. The number of ether oxygens (including phenoxy) is 2. The van der Waals surface area contributed by atoms with Gasteiger partial charge in [0.05, 0.1) is 18.7 Å². The molecule has 31 heavy (non-hydrogen) atoms. The van der Waals surface area contributed by atoms with E-state index in [0.717, 1.165) is 50.1 Å². The molecule has 0 spiro atoms. The van der Waals surface area contributed by atoms with E-state index in [1.807, 2.05) is 41.8 Å². The molecule has 166 valence electrons. The largest absolute Gasteiger partial charge is 0.465 e. The molecule has 2 aromatic rings. The van der Waals surface area contributed by atoms with Crippen molar-refractivity contribution in [3.63, 3.8) is 0 Å². The number of benzene rings is 1. The Balaban J connectivity index is 1.35. The number of nitrogens with zero attached hydrogens (tertiary/aromatic N) is 1. The van der Waals surface area contributed by atoms with Gasteiger partial charge in [0.1, 0.15) is 11.0 Å². The molecule has 3 saturated heterocycles. The van der Waals surface area contributed by atoms with Crippen molar-refractivity contribution in [3.05, 3.63) is 52.2 Å². The van der Waals surface area contributed by atoms with E-state index in [-0.39, 0.29) is 24.0 Å². The Morgan fingerprint density at radius 2 is 1.97 bits per heavy atom. The molecule has 3 aliphatic rings. The summed E-state index contributed by atoms with van der Waals surface area (Å²) >= 11 is 1.36. The van der Waals surface area contributed by atoms with Crippen LogP contribution in [0.2, 0.25) is 0 Å². The van der Waals surface area contributed by atoms with Crippen molar-refractivity contribution in [3.8, 4) is 0 Å². The van der Waals surface area contributed by atoms with Crippen LogP contribution in [0.3, 0.4) is 0 Å². The molecule has 1 N–H and O–H groups in total. The van der Waals surface area contributed by atoms with Crippen molar-refractivity contribution in [1.82, 2.24) is 4.90 Å². The Bertz CT molecular complexity index is 877. The van der Waals surface area contributed by atoms with E-state index in [1.165, 1.54) is 18.4 Å². The molecular formula is C24H30N2O4S. The lowest BCUT2D eigenvalue weighted by atomic mass is 9.85. The fourth-order valence-electron chi connectivity index (χ4n) is 4.61. The average molecular weight is 443 g/mol. The summed E-state index contributed by atoms with van der Waals surface area (Å²) in [5.74, 6) is -0.222. The number of nitrogens with one attached hydrogen (secondary N) is 1. The minimum Gasteiger partial charge on any atom is -0.465 e. The van der Waals surface area contributed by atoms with Gasteiger partial charge >= 0.3 is 11.9 Å². The highest BCUT2D eigenvalue weighted by Gasteiger charge is 2.37. The van der Waals surface area contributed by atoms with Gasteiger partial charge in [-0.05, 0) is 61.7 Å². The fourth-order valence-corrected chi connectivity index (χ4v) is 5.40. The van der Waals surface area contributed by atoms with Gasteiger partial charge in [-0.15, -0.1) is 11.3 Å². The fraction of sp³-hybridized carbons (Fsp3) is 0.500. The number of methoxy groups -OCH3 is 1. The zero-order chi connectivity index (χ0) is 21.6. The average Bonchev–Trinajstić information content (AvgIpc) is 3.28. The maximum atomic E-state index is 13.2. The van der Waals surface area contributed by atoms with Crippen LogP contribution in [0.15, 0.2) is 41.8 Å². The van der Waals surface area contributed by atoms with E-state index in [0.29, 0.717) is 23.8 Å². The summed E-state index contributed by atoms with van der Waals surface area (Å²) in [6.45, 7) is 3.79. The van der Waals surface area contributed by atoms with Crippen LogP contribution in [0, 0.1) is 5.92 Å². The van der Waals surface area contributed by atoms with E-state index < -0.39 is 0 Å². The second kappa shape index (κ2) is 10.3. The van der Waals surface area contributed by atoms with Crippen molar-refractivity contribution < 1.29 is 19.1 Å². The molecule has 0 radical (unpaired) electrons. The van der Waals surface area contributed by atoms with Gasteiger partial charge in [-0.2, -0.15) is 0 Å². The van der Waals surface area contributed by atoms with Crippen LogP contribution in [0.4, 0.5) is 5.69 Å². The Morgan fingerprint density at radius 1 is 1.19 bits per heavy atom. The molecule has 7 heteroatoms. The molecule has 1 aromatic heterocycles. The molecule has 2 bridgehead atoms. The predicted octanol–water partition coefficient (Wildman–Crippen LogP) is 4.15. The van der Waals surface area contributed by atoms with Crippen LogP contribution in [0.1, 0.15) is 46.8 Å². The number of hydrogen-bond donors (Lipinski definition) is 1. The summed E-state index contributed by atoms with van der Waals surface area (Å²) in [5, 5.41) is 5.18. The van der Waals surface area contributed by atoms with Crippen LogP contribution in [0.5, 0.6) is 0 Å². The van der Waals surface area contributed by atoms with Crippen molar-refractivity contribution >= 4 is 29.0 Å². The summed E-state index contributed by atoms with van der Waals surface area (Å²) in [6.07, 6.45) is 3.75. The van der Waals surface area contributed by atoms with Gasteiger partial charge < -0.3 is 14.8 Å². The minimum absolute atomic E-state index is 0.0211. The molecule has 1 aromatic carbocycles. The van der Waals surface area contributed by atoms with Crippen LogP contribution >= 0.6 is 11.3 Å². The van der Waals surface area contributed by atoms with Gasteiger partial charge in [0, 0.05) is 13.1 Å². The topological polar surface area (TPSA) is 67.9 Å². The molecule has 4 heterocycles. The second-order valence-corrected chi connectivity index (χ2v) is 9.22. The zero-order valence-corrected chi connectivity index (χ0v) is 18.7. The first-order chi connectivity index (χ1) is 15.2. The first-order valence-electron chi connectivity index (χ1n) is 11.0. The molecule has 6 nitrogen and oxygen atoms in total. The van der Waals surface area contributed by atoms with Crippen molar-refractivity contribution in [2.24, 2.45) is 5.92 Å². The Hall–Kier alpha value is -2.38. The van der Waals surface area contributed by atoms with Crippen LogP contribution in [-0.2, 0) is 14.3 Å². The lowest BCUT2D eigenvalue weighted by Crippen LogP contribution is -2.52. The molecule has 2 atom stereocenters. The number of piperidine rings is 3. The zero-order valence-electron chi connectivity index (χ0n) is 17.9. The molecule has 3 fully saturated rings. The third-order valence-corrected chi connectivity index (χ3v) is 7.27. The number of fused-ring (bicyclic) bond motifs is 3. The third-order valence-electron chi connectivity index (χ3n) is 6.37. The summed E-state index contributed by atoms with van der Waals surface area (Å²) < 4.78 is 10.9. The number of carbonyl (C=O) groups is 2. The highest BCUT2D eigenvalue weighted by Crippen LogP contribution is 2.32. The highest BCUT2D eigenvalue weighted by molar-refractivity contribution is 7.12. The summed E-state index contributed by atoms with van der Waals surface area (Å²) in [4.78, 5) is 28.0. The van der Waals surface area contributed by atoms with E-state index in [9.17, 15) is 9.59 Å². The van der Waals surface area contributed by atoms with Gasteiger partial charge in [0.25, 0.3) is 0 Å². The second-order valence-electron chi connectivity index (χ2n) is 8.30. The Labute approximate surface area is 187 Å². The number of thiophene rings is 1. The van der Waals surface area contributed by atoms with E-state index in [1.54, 1.807) is 0 Å². The lowest BCUT2D eigenvalue weighted by Gasteiger charge is -2.44. The van der Waals surface area contributed by atoms with E-state index >= 15 is 0 Å². The number of rotatable bonds is 9. The van der Waals surface area contributed by atoms with E-state index in [4.69, 9.17) is 9.47 Å². The maximum absolute atomic E-state index is 13.2. The smallest absolute Gasteiger partial charge is 0.350 e. The molecule has 0 amide bonds. The molecule has 2 unspecified atom stereocenters. The molecule has 3 aliphatic heterocycles. The number of hydrogen-bond acceptors (Lipinski definition) is 7. The first kappa shape index (κ1) is 21.8. The summed E-state index contributed by atoms with van der Waals surface area (Å²) in [5.41, 5.74) is 1.78. The van der Waals surface area contributed by atoms with Gasteiger partial charge in [-0.3, -0.25) is 9.69 Å². The predicted molar refractivity (Wildman–Crippen MR) is 122 cm³/mol. The van der Waals surface area contributed by atoms with Gasteiger partial charge in [0.2, 0.25) is 0 Å². The molecular weight excluding hydrogens is 412 g/mol. The normalized spacial score (nSPS) is 23.2. The van der Waals surface area contributed by atoms with Crippen LogP contribution < -0.4 is 5.32 Å². The van der Waals surface area contributed by atoms with Crippen molar-refractivity contribution in [2.45, 2.75) is 37.7 Å². The monoisotopic (exact) mass is 442 g/mol. The number of carbonyl (C=O) groups excluding carboxylic acids is 2. The van der Waals surface area contributed by atoms with Gasteiger partial charge in [0.15, 0.2) is 0 Å². The SMILES string of the molecule is COC(=O)c1sccc1NCCCC(C(=O)OC1CN2CCC1CC2)c1ccccc1. The van der Waals surface area contributed by atoms with Gasteiger partial charge in [-0.1, -0.05) is 30.3 Å². The van der Waals surface area contributed by atoms with Crippen LogP contribution in [-0.4, -0.2) is 56.2 Å². The highest BCUT2D eigenvalue weighted by atomic mass is 32.1. The summed E-state index contributed by atoms with van der Waals surface area (Å²) in [6, 6.07) is 11.8. The maximum Gasteiger partial charge on any atom is 0.350 e. The first-order valence-corrected chi connectivity index (χ1v) is 11.9. The van der Waals surface area contributed by atoms with Crippen molar-refractivity contribution in [2.75, 3.05) is 38.6 Å². The van der Waals surface area contributed by atoms with Gasteiger partial charge in [-0.25, -0.2) is 4.79 Å². The number of esters is 2. The quantitative estimate of drug-likeness (QED) is 0.465. The molecule has 0 saturated carbocycles. The number of anilines is 1. The lowest BCUT2D eigenvalue weighted by molar-refractivity contribution is -0.160. The van der Waals surface area contributed by atoms with Crippen LogP contribution in [0.25, 0.3) is 0 Å². The summed E-state index contributed by atoms with van der Waals surface area (Å²) in [7, 11) is 1.39. The molecule has 5 rings (SSSR count). The Morgan fingerprint density at radius 3 is 2.65 bits per heavy atom. The van der Waals surface area contributed by atoms with Crippen molar-refractivity contribution in [1.29, 1.82) is 0 Å². The third kappa shape index (κ3) is 5.28. The minimum atomic E-state index is -0.333. The standard InChI is InChI=1S/C24H30N2O4S/c1-29-24(28)22-20(11-15-31-22)25-12-5-8-19(17-6-3-2-4-7-17)23(27)30-21-16-26-13-9-18(21)10-14-26/h2-4,6-7,11,15,18-19,21,25H,5,8-10,12-14,16H2,1H3. The van der Waals surface area contributed by atoms with E-state index in [2.05, 4.69) is 10.2 Å². The molecule has 0 aliphatic carbocycles.